The maximum Gasteiger partial charge on any atom is 0.119 e. The monoisotopic (exact) mass is 291 g/mol. The third-order valence-corrected chi connectivity index (χ3v) is 4.71. The van der Waals surface area contributed by atoms with E-state index < -0.39 is 0 Å². The molecule has 2 heteroatoms. The zero-order chi connectivity index (χ0) is 15.9. The first kappa shape index (κ1) is 18.0. The lowest BCUT2D eigenvalue weighted by Crippen LogP contribution is -2.40. The van der Waals surface area contributed by atoms with Crippen LogP contribution in [0.3, 0.4) is 0 Å². The molecule has 1 aliphatic rings. The van der Waals surface area contributed by atoms with Crippen LogP contribution in [0.2, 0.25) is 0 Å². The minimum atomic E-state index is 0.289. The smallest absolute Gasteiger partial charge is 0.119 e. The van der Waals surface area contributed by atoms with Crippen LogP contribution in [0.25, 0.3) is 0 Å². The van der Waals surface area contributed by atoms with Crippen LogP contribution in [0.1, 0.15) is 52.0 Å². The van der Waals surface area contributed by atoms with Crippen LogP contribution in [0.5, 0.6) is 5.75 Å². The summed E-state index contributed by atoms with van der Waals surface area (Å²) in [4.78, 5) is 2.33. The normalized spacial score (nSPS) is 25.2. The quantitative estimate of drug-likeness (QED) is 0.795. The third kappa shape index (κ3) is 4.47. The van der Waals surface area contributed by atoms with Gasteiger partial charge in [-0.3, -0.25) is 0 Å². The van der Waals surface area contributed by atoms with Crippen molar-refractivity contribution in [3.8, 4) is 5.75 Å². The van der Waals surface area contributed by atoms with E-state index in [0.717, 1.165) is 11.7 Å². The van der Waals surface area contributed by atoms with Gasteiger partial charge in [-0.05, 0) is 56.0 Å². The van der Waals surface area contributed by atoms with Crippen LogP contribution in [0.4, 0.5) is 0 Å². The number of benzene rings is 1. The summed E-state index contributed by atoms with van der Waals surface area (Å²) in [5.41, 5.74) is 1.73. The van der Waals surface area contributed by atoms with Gasteiger partial charge in [0.2, 0.25) is 0 Å². The molecular weight excluding hydrogens is 258 g/mol. The molecule has 2 rings (SSSR count). The van der Waals surface area contributed by atoms with Crippen molar-refractivity contribution < 1.29 is 4.74 Å². The van der Waals surface area contributed by atoms with E-state index in [9.17, 15) is 0 Å². The van der Waals surface area contributed by atoms with Crippen LogP contribution >= 0.6 is 0 Å². The second-order valence-corrected chi connectivity index (χ2v) is 6.35. The number of nitrogens with zero attached hydrogens (tertiary/aromatic N) is 1. The van der Waals surface area contributed by atoms with Gasteiger partial charge in [0, 0.05) is 6.54 Å². The number of hydrogen-bond acceptors (Lipinski definition) is 2. The molecule has 2 nitrogen and oxygen atoms in total. The highest BCUT2D eigenvalue weighted by atomic mass is 16.5. The van der Waals surface area contributed by atoms with E-state index in [1.165, 1.54) is 37.8 Å². The van der Waals surface area contributed by atoms with Gasteiger partial charge in [-0.15, -0.1) is 0 Å². The van der Waals surface area contributed by atoms with Crippen LogP contribution in [0, 0.1) is 5.92 Å². The second-order valence-electron chi connectivity index (χ2n) is 6.35. The molecule has 0 saturated heterocycles. The van der Waals surface area contributed by atoms with Crippen molar-refractivity contribution in [3.05, 3.63) is 29.8 Å². The molecule has 0 aromatic heterocycles. The lowest BCUT2D eigenvalue weighted by molar-refractivity contribution is 0.160. The van der Waals surface area contributed by atoms with Crippen LogP contribution in [-0.2, 0) is 5.41 Å². The fourth-order valence-corrected chi connectivity index (χ4v) is 3.50. The molecule has 2 unspecified atom stereocenters. The molecule has 1 saturated carbocycles. The fourth-order valence-electron chi connectivity index (χ4n) is 3.50. The average Bonchev–Trinajstić information content (AvgIpc) is 2.51. The third-order valence-electron chi connectivity index (χ3n) is 4.71. The van der Waals surface area contributed by atoms with E-state index in [1.807, 2.05) is 19.9 Å². The summed E-state index contributed by atoms with van der Waals surface area (Å²) < 4.78 is 5.40. The molecule has 0 amide bonds. The number of hydrogen-bond donors (Lipinski definition) is 0. The predicted octanol–water partition coefficient (Wildman–Crippen LogP) is 4.73. The predicted molar refractivity (Wildman–Crippen MR) is 92.2 cm³/mol. The summed E-state index contributed by atoms with van der Waals surface area (Å²) in [5.74, 6) is 1.72. The topological polar surface area (TPSA) is 12.5 Å². The van der Waals surface area contributed by atoms with E-state index in [2.05, 4.69) is 44.1 Å². The molecule has 0 N–H and O–H groups in total. The first-order chi connectivity index (χ1) is 10.1. The number of rotatable bonds is 4. The van der Waals surface area contributed by atoms with Crippen molar-refractivity contribution in [2.75, 3.05) is 27.7 Å². The standard InChI is InChI=1S/C17H27NO.C2H6/c1-17(14-9-7-10-16(12-14)19-4)11-6-5-8-15(17)13-18(2)3;1-2/h7,9-10,12,15H,5-6,8,11,13H2,1-4H3;1-2H3. The summed E-state index contributed by atoms with van der Waals surface area (Å²) in [5, 5.41) is 0. The molecular formula is C19H33NO. The molecule has 2 atom stereocenters. The van der Waals surface area contributed by atoms with E-state index in [4.69, 9.17) is 4.74 Å². The fraction of sp³-hybridized carbons (Fsp3) is 0.684. The molecule has 0 aliphatic heterocycles. The second kappa shape index (κ2) is 8.43. The summed E-state index contributed by atoms with van der Waals surface area (Å²) in [6.07, 6.45) is 5.35. The van der Waals surface area contributed by atoms with Crippen molar-refractivity contribution in [2.45, 2.75) is 51.9 Å². The van der Waals surface area contributed by atoms with E-state index in [1.54, 1.807) is 7.11 Å². The Morgan fingerprint density at radius 1 is 1.24 bits per heavy atom. The zero-order valence-electron chi connectivity index (χ0n) is 14.8. The summed E-state index contributed by atoms with van der Waals surface area (Å²) >= 11 is 0. The summed E-state index contributed by atoms with van der Waals surface area (Å²) in [6, 6.07) is 8.67. The molecule has 0 radical (unpaired) electrons. The molecule has 1 aromatic rings. The molecule has 21 heavy (non-hydrogen) atoms. The first-order valence-electron chi connectivity index (χ1n) is 8.35. The van der Waals surface area contributed by atoms with Crippen molar-refractivity contribution in [3.63, 3.8) is 0 Å². The van der Waals surface area contributed by atoms with Gasteiger partial charge in [0.05, 0.1) is 7.11 Å². The van der Waals surface area contributed by atoms with Gasteiger partial charge >= 0.3 is 0 Å². The SMILES string of the molecule is CC.COc1cccc(C2(C)CCCCC2CN(C)C)c1. The van der Waals surface area contributed by atoms with E-state index in [-0.39, 0.29) is 5.41 Å². The van der Waals surface area contributed by atoms with Crippen molar-refractivity contribution in [1.29, 1.82) is 0 Å². The average molecular weight is 291 g/mol. The van der Waals surface area contributed by atoms with Crippen molar-refractivity contribution in [1.82, 2.24) is 4.90 Å². The first-order valence-corrected chi connectivity index (χ1v) is 8.35. The Labute approximate surface area is 131 Å². The van der Waals surface area contributed by atoms with Gasteiger partial charge in [0.15, 0.2) is 0 Å². The van der Waals surface area contributed by atoms with Crippen molar-refractivity contribution >= 4 is 0 Å². The van der Waals surface area contributed by atoms with Gasteiger partial charge in [-0.25, -0.2) is 0 Å². The number of methoxy groups -OCH3 is 1. The Kier molecular flexibility index (Phi) is 7.24. The van der Waals surface area contributed by atoms with Gasteiger partial charge in [0.25, 0.3) is 0 Å². The van der Waals surface area contributed by atoms with Crippen LogP contribution in [-0.4, -0.2) is 32.6 Å². The Balaban J connectivity index is 0.00000106. The highest BCUT2D eigenvalue weighted by molar-refractivity contribution is 5.34. The van der Waals surface area contributed by atoms with E-state index in [0.29, 0.717) is 0 Å². The van der Waals surface area contributed by atoms with Crippen LogP contribution in [0.15, 0.2) is 24.3 Å². The highest BCUT2D eigenvalue weighted by Gasteiger charge is 2.38. The minimum Gasteiger partial charge on any atom is -0.497 e. The zero-order valence-corrected chi connectivity index (χ0v) is 14.8. The number of ether oxygens (including phenoxy) is 1. The van der Waals surface area contributed by atoms with Gasteiger partial charge in [-0.2, -0.15) is 0 Å². The van der Waals surface area contributed by atoms with Gasteiger partial charge in [0.1, 0.15) is 5.75 Å². The Morgan fingerprint density at radius 3 is 2.57 bits per heavy atom. The van der Waals surface area contributed by atoms with Crippen molar-refractivity contribution in [2.24, 2.45) is 5.92 Å². The van der Waals surface area contributed by atoms with Gasteiger partial charge in [-0.1, -0.05) is 45.7 Å². The highest BCUT2D eigenvalue weighted by Crippen LogP contribution is 2.44. The Hall–Kier alpha value is -1.02. The molecule has 0 bridgehead atoms. The molecule has 120 valence electrons. The lowest BCUT2D eigenvalue weighted by Gasteiger charge is -2.43. The molecule has 0 heterocycles. The molecule has 1 fully saturated rings. The maximum atomic E-state index is 5.40. The lowest BCUT2D eigenvalue weighted by atomic mass is 9.63. The van der Waals surface area contributed by atoms with Gasteiger partial charge < -0.3 is 9.64 Å². The Morgan fingerprint density at radius 2 is 1.95 bits per heavy atom. The summed E-state index contributed by atoms with van der Waals surface area (Å²) in [6.45, 7) is 7.61. The largest absolute Gasteiger partial charge is 0.497 e. The molecule has 1 aliphatic carbocycles. The summed E-state index contributed by atoms with van der Waals surface area (Å²) in [7, 11) is 6.11. The maximum absolute atomic E-state index is 5.40. The van der Waals surface area contributed by atoms with E-state index >= 15 is 0 Å². The van der Waals surface area contributed by atoms with Crippen LogP contribution < -0.4 is 4.74 Å². The Bertz CT molecular complexity index is 416. The minimum absolute atomic E-state index is 0.289. The molecule has 1 aromatic carbocycles. The molecule has 0 spiro atoms.